The molecule has 1 aromatic heterocycles. The highest BCUT2D eigenvalue weighted by Gasteiger charge is 2.29. The van der Waals surface area contributed by atoms with Gasteiger partial charge < -0.3 is 5.73 Å². The van der Waals surface area contributed by atoms with E-state index in [9.17, 15) is 0 Å². The molecule has 0 aliphatic carbocycles. The third-order valence-electron chi connectivity index (χ3n) is 3.43. The first kappa shape index (κ1) is 14.6. The van der Waals surface area contributed by atoms with E-state index in [1.165, 1.54) is 4.88 Å². The van der Waals surface area contributed by atoms with E-state index >= 15 is 0 Å². The van der Waals surface area contributed by atoms with Gasteiger partial charge in [-0.2, -0.15) is 0 Å². The Bertz CT molecular complexity index is 348. The van der Waals surface area contributed by atoms with Crippen molar-refractivity contribution < 1.29 is 0 Å². The molecule has 17 heavy (non-hydrogen) atoms. The summed E-state index contributed by atoms with van der Waals surface area (Å²) in [6.07, 6.45) is 1.12. The van der Waals surface area contributed by atoms with Crippen molar-refractivity contribution in [3.05, 3.63) is 16.1 Å². The predicted octanol–water partition coefficient (Wildman–Crippen LogP) is 2.65. The fourth-order valence-corrected chi connectivity index (χ4v) is 2.99. The Morgan fingerprint density at radius 1 is 1.53 bits per heavy atom. The maximum atomic E-state index is 5.97. The van der Waals surface area contributed by atoms with Gasteiger partial charge in [-0.15, -0.1) is 11.3 Å². The zero-order valence-electron chi connectivity index (χ0n) is 11.7. The Morgan fingerprint density at radius 3 is 2.59 bits per heavy atom. The van der Waals surface area contributed by atoms with Crippen LogP contribution in [0.25, 0.3) is 0 Å². The van der Waals surface area contributed by atoms with Crippen molar-refractivity contribution in [2.45, 2.75) is 46.2 Å². The Hall–Kier alpha value is -0.450. The lowest BCUT2D eigenvalue weighted by atomic mass is 9.89. The predicted molar refractivity (Wildman–Crippen MR) is 75.2 cm³/mol. The Balaban J connectivity index is 2.73. The topological polar surface area (TPSA) is 42.2 Å². The van der Waals surface area contributed by atoms with Crippen molar-refractivity contribution in [2.24, 2.45) is 11.7 Å². The maximum Gasteiger partial charge on any atom is 0.0798 e. The second kappa shape index (κ2) is 5.94. The molecule has 0 fully saturated rings. The van der Waals surface area contributed by atoms with Gasteiger partial charge in [0.2, 0.25) is 0 Å². The molecular formula is C13H25N3S. The van der Waals surface area contributed by atoms with Gasteiger partial charge >= 0.3 is 0 Å². The Morgan fingerprint density at radius 2 is 2.18 bits per heavy atom. The van der Waals surface area contributed by atoms with Crippen molar-refractivity contribution in [1.82, 2.24) is 9.88 Å². The monoisotopic (exact) mass is 255 g/mol. The molecule has 98 valence electrons. The lowest BCUT2D eigenvalue weighted by Crippen LogP contribution is -2.50. The van der Waals surface area contributed by atoms with Gasteiger partial charge in [-0.3, -0.25) is 4.90 Å². The first-order chi connectivity index (χ1) is 7.89. The van der Waals surface area contributed by atoms with Crippen LogP contribution in [0.3, 0.4) is 0 Å². The van der Waals surface area contributed by atoms with Crippen molar-refractivity contribution in [3.8, 4) is 0 Å². The number of thiazole rings is 1. The van der Waals surface area contributed by atoms with E-state index in [0.717, 1.165) is 18.7 Å². The van der Waals surface area contributed by atoms with Crippen LogP contribution in [0.2, 0.25) is 0 Å². The molecule has 1 heterocycles. The average Bonchev–Trinajstić information content (AvgIpc) is 2.63. The number of hydrogen-bond acceptors (Lipinski definition) is 4. The lowest BCUT2D eigenvalue weighted by Gasteiger charge is -2.39. The van der Waals surface area contributed by atoms with Crippen LogP contribution < -0.4 is 5.73 Å². The highest BCUT2D eigenvalue weighted by molar-refractivity contribution is 7.09. The molecule has 0 radical (unpaired) electrons. The standard InChI is InChI=1S/C13H25N3S/c1-10(2)6-13(4,8-14)16(5)7-12-11(3)15-9-17-12/h9-10H,6-8,14H2,1-5H3. The van der Waals surface area contributed by atoms with Gasteiger partial charge in [0.1, 0.15) is 0 Å². The molecule has 0 amide bonds. The van der Waals surface area contributed by atoms with Gasteiger partial charge in [-0.1, -0.05) is 13.8 Å². The van der Waals surface area contributed by atoms with E-state index in [-0.39, 0.29) is 5.54 Å². The molecule has 0 aromatic carbocycles. The summed E-state index contributed by atoms with van der Waals surface area (Å²) in [6, 6.07) is 0. The van der Waals surface area contributed by atoms with Gasteiger partial charge in [0.15, 0.2) is 0 Å². The van der Waals surface area contributed by atoms with Gasteiger partial charge in [0.25, 0.3) is 0 Å². The number of hydrogen-bond donors (Lipinski definition) is 1. The normalized spacial score (nSPS) is 15.5. The Kier molecular flexibility index (Phi) is 5.10. The summed E-state index contributed by atoms with van der Waals surface area (Å²) in [5.74, 6) is 0.661. The SMILES string of the molecule is Cc1ncsc1CN(C)C(C)(CN)CC(C)C. The molecule has 3 nitrogen and oxygen atoms in total. The molecule has 2 N–H and O–H groups in total. The molecule has 1 atom stereocenters. The molecule has 1 unspecified atom stereocenters. The Labute approximate surface area is 109 Å². The van der Waals surface area contributed by atoms with Crippen LogP contribution in [0, 0.1) is 12.8 Å². The molecule has 1 rings (SSSR count). The van der Waals surface area contributed by atoms with Crippen molar-refractivity contribution in [1.29, 1.82) is 0 Å². The maximum absolute atomic E-state index is 5.97. The van der Waals surface area contributed by atoms with E-state index in [2.05, 4.69) is 44.6 Å². The van der Waals surface area contributed by atoms with Crippen LogP contribution in [-0.2, 0) is 6.54 Å². The van der Waals surface area contributed by atoms with Crippen molar-refractivity contribution in [2.75, 3.05) is 13.6 Å². The molecular weight excluding hydrogens is 230 g/mol. The van der Waals surface area contributed by atoms with E-state index < -0.39 is 0 Å². The first-order valence-corrected chi connectivity index (χ1v) is 7.07. The summed E-state index contributed by atoms with van der Waals surface area (Å²) in [5, 5.41) is 0. The molecule has 0 bridgehead atoms. The van der Waals surface area contributed by atoms with Crippen LogP contribution >= 0.6 is 11.3 Å². The van der Waals surface area contributed by atoms with Gasteiger partial charge in [0, 0.05) is 23.5 Å². The minimum Gasteiger partial charge on any atom is -0.329 e. The summed E-state index contributed by atoms with van der Waals surface area (Å²) in [4.78, 5) is 8.01. The molecule has 1 aromatic rings. The number of rotatable bonds is 6. The van der Waals surface area contributed by atoms with E-state index in [4.69, 9.17) is 5.73 Å². The summed E-state index contributed by atoms with van der Waals surface area (Å²) in [6.45, 7) is 10.5. The average molecular weight is 255 g/mol. The number of aromatic nitrogens is 1. The zero-order chi connectivity index (χ0) is 13.1. The van der Waals surface area contributed by atoms with Crippen molar-refractivity contribution in [3.63, 3.8) is 0 Å². The number of nitrogens with zero attached hydrogens (tertiary/aromatic N) is 2. The third-order valence-corrected chi connectivity index (χ3v) is 4.35. The minimum absolute atomic E-state index is 0.0740. The van der Waals surface area contributed by atoms with E-state index in [0.29, 0.717) is 12.5 Å². The largest absolute Gasteiger partial charge is 0.329 e. The summed E-state index contributed by atoms with van der Waals surface area (Å²) < 4.78 is 0. The summed E-state index contributed by atoms with van der Waals surface area (Å²) in [5.41, 5.74) is 9.10. The number of nitrogens with two attached hydrogens (primary N) is 1. The van der Waals surface area contributed by atoms with Gasteiger partial charge in [-0.05, 0) is 33.2 Å². The van der Waals surface area contributed by atoms with E-state index in [1.807, 2.05) is 5.51 Å². The lowest BCUT2D eigenvalue weighted by molar-refractivity contribution is 0.112. The quantitative estimate of drug-likeness (QED) is 0.849. The second-order valence-corrected chi connectivity index (χ2v) is 6.46. The molecule has 0 aliphatic rings. The van der Waals surface area contributed by atoms with Crippen LogP contribution in [0.1, 0.15) is 37.8 Å². The molecule has 0 aliphatic heterocycles. The minimum atomic E-state index is 0.0740. The fourth-order valence-electron chi connectivity index (χ4n) is 2.16. The number of aryl methyl sites for hydroxylation is 1. The smallest absolute Gasteiger partial charge is 0.0798 e. The van der Waals surface area contributed by atoms with Crippen LogP contribution in [-0.4, -0.2) is 29.0 Å². The summed E-state index contributed by atoms with van der Waals surface area (Å²) >= 11 is 1.73. The first-order valence-electron chi connectivity index (χ1n) is 6.19. The van der Waals surface area contributed by atoms with Gasteiger partial charge in [0.05, 0.1) is 11.2 Å². The molecule has 0 saturated heterocycles. The van der Waals surface area contributed by atoms with E-state index in [1.54, 1.807) is 11.3 Å². The second-order valence-electron chi connectivity index (χ2n) is 5.52. The molecule has 0 spiro atoms. The highest BCUT2D eigenvalue weighted by Crippen LogP contribution is 2.25. The highest BCUT2D eigenvalue weighted by atomic mass is 32.1. The third kappa shape index (κ3) is 3.76. The van der Waals surface area contributed by atoms with Gasteiger partial charge in [-0.25, -0.2) is 4.98 Å². The van der Waals surface area contributed by atoms with Crippen LogP contribution in [0.4, 0.5) is 0 Å². The zero-order valence-corrected chi connectivity index (χ0v) is 12.5. The van der Waals surface area contributed by atoms with Crippen molar-refractivity contribution >= 4 is 11.3 Å². The molecule has 4 heteroatoms. The van der Waals surface area contributed by atoms with Crippen LogP contribution in [0.15, 0.2) is 5.51 Å². The van der Waals surface area contributed by atoms with Crippen LogP contribution in [0.5, 0.6) is 0 Å². The summed E-state index contributed by atoms with van der Waals surface area (Å²) in [7, 11) is 2.16. The fraction of sp³-hybridized carbons (Fsp3) is 0.769. The number of likely N-dealkylation sites (N-methyl/N-ethyl adjacent to an activating group) is 1. The molecule has 0 saturated carbocycles.